The summed E-state index contributed by atoms with van der Waals surface area (Å²) in [5, 5.41) is 12.9. The number of carbonyl (C=O) groups is 1. The van der Waals surface area contributed by atoms with Crippen molar-refractivity contribution >= 4 is 17.5 Å². The molecule has 4 nitrogen and oxygen atoms in total. The molecule has 1 amide bonds. The molecule has 0 spiro atoms. The molecule has 0 saturated heterocycles. The smallest absolute Gasteiger partial charge is 0.249 e. The Kier molecular flexibility index (Phi) is 6.59. The second-order valence-electron chi connectivity index (χ2n) is 5.23. The zero-order valence-electron chi connectivity index (χ0n) is 12.9. The van der Waals surface area contributed by atoms with Gasteiger partial charge < -0.3 is 15.2 Å². The quantitative estimate of drug-likeness (QED) is 0.818. The lowest BCUT2D eigenvalue weighted by atomic mass is 10.1. The van der Waals surface area contributed by atoms with Crippen molar-refractivity contribution in [2.75, 3.05) is 6.61 Å². The monoisotopic (exact) mass is 333 g/mol. The van der Waals surface area contributed by atoms with Crippen LogP contribution in [0, 0.1) is 0 Å². The van der Waals surface area contributed by atoms with E-state index in [1.165, 1.54) is 0 Å². The first-order valence-corrected chi connectivity index (χ1v) is 7.80. The minimum atomic E-state index is -0.614. The highest BCUT2D eigenvalue weighted by Gasteiger charge is 2.19. The predicted molar refractivity (Wildman–Crippen MR) is 90.1 cm³/mol. The lowest BCUT2D eigenvalue weighted by Gasteiger charge is -2.20. The van der Waals surface area contributed by atoms with E-state index < -0.39 is 12.1 Å². The van der Waals surface area contributed by atoms with Gasteiger partial charge in [-0.2, -0.15) is 0 Å². The van der Waals surface area contributed by atoms with Crippen LogP contribution in [-0.2, 0) is 16.1 Å². The van der Waals surface area contributed by atoms with E-state index in [2.05, 4.69) is 5.32 Å². The highest BCUT2D eigenvalue weighted by molar-refractivity contribution is 6.30. The minimum Gasteiger partial charge on any atom is -0.394 e. The molecule has 2 atom stereocenters. The fraction of sp³-hybridized carbons (Fsp3) is 0.278. The van der Waals surface area contributed by atoms with Gasteiger partial charge in [-0.05, 0) is 30.2 Å². The van der Waals surface area contributed by atoms with Crippen molar-refractivity contribution in [1.82, 2.24) is 5.32 Å². The van der Waals surface area contributed by atoms with Crippen molar-refractivity contribution in [3.05, 3.63) is 70.7 Å². The van der Waals surface area contributed by atoms with Crippen LogP contribution in [0.1, 0.15) is 24.1 Å². The molecule has 0 aliphatic rings. The van der Waals surface area contributed by atoms with E-state index in [1.54, 1.807) is 31.2 Å². The summed E-state index contributed by atoms with van der Waals surface area (Å²) < 4.78 is 5.58. The summed E-state index contributed by atoms with van der Waals surface area (Å²) in [6.07, 6.45) is -0.614. The van der Waals surface area contributed by atoms with Crippen molar-refractivity contribution in [2.45, 2.75) is 25.7 Å². The number of benzene rings is 2. The molecule has 23 heavy (non-hydrogen) atoms. The van der Waals surface area contributed by atoms with Gasteiger partial charge in [-0.25, -0.2) is 0 Å². The molecule has 2 rings (SSSR count). The van der Waals surface area contributed by atoms with E-state index in [1.807, 2.05) is 30.3 Å². The maximum atomic E-state index is 12.2. The van der Waals surface area contributed by atoms with Crippen molar-refractivity contribution < 1.29 is 14.6 Å². The molecule has 0 saturated carbocycles. The largest absolute Gasteiger partial charge is 0.394 e. The van der Waals surface area contributed by atoms with Crippen LogP contribution in [0.3, 0.4) is 0 Å². The number of hydrogen-bond acceptors (Lipinski definition) is 3. The van der Waals surface area contributed by atoms with E-state index in [9.17, 15) is 9.90 Å². The van der Waals surface area contributed by atoms with E-state index in [4.69, 9.17) is 16.3 Å². The van der Waals surface area contributed by atoms with Crippen LogP contribution in [-0.4, -0.2) is 23.7 Å². The molecule has 2 aromatic carbocycles. The molecule has 2 aromatic rings. The van der Waals surface area contributed by atoms with Crippen LogP contribution >= 0.6 is 11.6 Å². The molecule has 0 aromatic heterocycles. The van der Waals surface area contributed by atoms with Gasteiger partial charge in [0.2, 0.25) is 5.91 Å². The van der Waals surface area contributed by atoms with Gasteiger partial charge in [-0.1, -0.05) is 54.1 Å². The molecule has 5 heteroatoms. The lowest BCUT2D eigenvalue weighted by Crippen LogP contribution is -2.38. The second kappa shape index (κ2) is 8.67. The van der Waals surface area contributed by atoms with Gasteiger partial charge in [-0.3, -0.25) is 4.79 Å². The Morgan fingerprint density at radius 3 is 2.43 bits per heavy atom. The molecule has 0 aliphatic heterocycles. The van der Waals surface area contributed by atoms with Crippen molar-refractivity contribution in [1.29, 1.82) is 0 Å². The Hall–Kier alpha value is -1.88. The number of hydrogen-bond donors (Lipinski definition) is 2. The Morgan fingerprint density at radius 1 is 1.17 bits per heavy atom. The van der Waals surface area contributed by atoms with Crippen molar-refractivity contribution in [3.63, 3.8) is 0 Å². The molecular weight excluding hydrogens is 314 g/mol. The average Bonchev–Trinajstić information content (AvgIpc) is 2.59. The first-order chi connectivity index (χ1) is 11.1. The summed E-state index contributed by atoms with van der Waals surface area (Å²) in [4.78, 5) is 12.2. The summed E-state index contributed by atoms with van der Waals surface area (Å²) in [7, 11) is 0. The molecule has 2 unspecified atom stereocenters. The number of nitrogens with one attached hydrogen (secondary N) is 1. The van der Waals surface area contributed by atoms with Gasteiger partial charge in [0, 0.05) is 5.02 Å². The van der Waals surface area contributed by atoms with Gasteiger partial charge in [0.25, 0.3) is 0 Å². The zero-order valence-corrected chi connectivity index (χ0v) is 13.7. The fourth-order valence-corrected chi connectivity index (χ4v) is 2.22. The summed E-state index contributed by atoms with van der Waals surface area (Å²) in [6.45, 7) is 1.85. The Labute approximate surface area is 141 Å². The standard InChI is InChI=1S/C18H20ClNO3/c1-13(23-12-14-5-3-2-4-6-14)18(22)20-17(11-21)15-7-9-16(19)10-8-15/h2-10,13,17,21H,11-12H2,1H3,(H,20,22). The maximum Gasteiger partial charge on any atom is 0.249 e. The van der Waals surface area contributed by atoms with E-state index in [0.29, 0.717) is 11.6 Å². The topological polar surface area (TPSA) is 58.6 Å². The van der Waals surface area contributed by atoms with E-state index in [-0.39, 0.29) is 12.5 Å². The molecule has 2 N–H and O–H groups in total. The summed E-state index contributed by atoms with van der Waals surface area (Å²) in [5.74, 6) is -0.269. The Balaban J connectivity index is 1.89. The van der Waals surface area contributed by atoms with Crippen molar-refractivity contribution in [2.24, 2.45) is 0 Å². The third kappa shape index (κ3) is 5.36. The Bertz CT molecular complexity index is 616. The first-order valence-electron chi connectivity index (χ1n) is 7.42. The Morgan fingerprint density at radius 2 is 1.83 bits per heavy atom. The maximum absolute atomic E-state index is 12.2. The number of aliphatic hydroxyl groups is 1. The fourth-order valence-electron chi connectivity index (χ4n) is 2.09. The van der Waals surface area contributed by atoms with Crippen LogP contribution < -0.4 is 5.32 Å². The number of carbonyl (C=O) groups excluding carboxylic acids is 1. The number of ether oxygens (including phenoxy) is 1. The van der Waals surface area contributed by atoms with Gasteiger partial charge in [0.05, 0.1) is 19.3 Å². The van der Waals surface area contributed by atoms with Gasteiger partial charge >= 0.3 is 0 Å². The van der Waals surface area contributed by atoms with E-state index >= 15 is 0 Å². The third-order valence-electron chi connectivity index (χ3n) is 3.48. The molecule has 122 valence electrons. The van der Waals surface area contributed by atoms with Crippen molar-refractivity contribution in [3.8, 4) is 0 Å². The highest BCUT2D eigenvalue weighted by atomic mass is 35.5. The SMILES string of the molecule is CC(OCc1ccccc1)C(=O)NC(CO)c1ccc(Cl)cc1. The molecule has 0 fully saturated rings. The second-order valence-corrected chi connectivity index (χ2v) is 5.67. The normalized spacial score (nSPS) is 13.3. The van der Waals surface area contributed by atoms with Crippen LogP contribution in [0.15, 0.2) is 54.6 Å². The van der Waals surface area contributed by atoms with Crippen LogP contribution in [0.2, 0.25) is 5.02 Å². The number of aliphatic hydroxyl groups excluding tert-OH is 1. The molecule has 0 bridgehead atoms. The number of amides is 1. The molecular formula is C18H20ClNO3. The molecule has 0 radical (unpaired) electrons. The number of rotatable bonds is 7. The molecule has 0 heterocycles. The van der Waals surface area contributed by atoms with Crippen LogP contribution in [0.25, 0.3) is 0 Å². The summed E-state index contributed by atoms with van der Waals surface area (Å²) in [6, 6.07) is 16.2. The van der Waals surface area contributed by atoms with Gasteiger partial charge in [0.15, 0.2) is 0 Å². The van der Waals surface area contributed by atoms with Crippen LogP contribution in [0.5, 0.6) is 0 Å². The predicted octanol–water partition coefficient (Wildman–Crippen LogP) is 3.09. The van der Waals surface area contributed by atoms with E-state index in [0.717, 1.165) is 11.1 Å². The first kappa shape index (κ1) is 17.5. The van der Waals surface area contributed by atoms with Gasteiger partial charge in [-0.15, -0.1) is 0 Å². The highest BCUT2D eigenvalue weighted by Crippen LogP contribution is 2.16. The van der Waals surface area contributed by atoms with Gasteiger partial charge in [0.1, 0.15) is 6.10 Å². The molecule has 0 aliphatic carbocycles. The minimum absolute atomic E-state index is 0.196. The lowest BCUT2D eigenvalue weighted by molar-refractivity contribution is -0.133. The third-order valence-corrected chi connectivity index (χ3v) is 3.74. The zero-order chi connectivity index (χ0) is 16.7. The summed E-state index contributed by atoms with van der Waals surface area (Å²) in [5.41, 5.74) is 1.80. The average molecular weight is 334 g/mol. The summed E-state index contributed by atoms with van der Waals surface area (Å²) >= 11 is 5.85. The van der Waals surface area contributed by atoms with Crippen LogP contribution in [0.4, 0.5) is 0 Å². The number of halogens is 1.